The summed E-state index contributed by atoms with van der Waals surface area (Å²) in [5.74, 6) is 1.22. The van der Waals surface area contributed by atoms with Crippen LogP contribution in [0.2, 0.25) is 0 Å². The molecule has 112 valence electrons. The highest BCUT2D eigenvalue weighted by atomic mass is 32.2. The van der Waals surface area contributed by atoms with Gasteiger partial charge in [-0.3, -0.25) is 0 Å². The molecule has 7 heteroatoms. The van der Waals surface area contributed by atoms with E-state index in [1.807, 2.05) is 6.26 Å². The molecule has 5 nitrogen and oxygen atoms in total. The van der Waals surface area contributed by atoms with Crippen molar-refractivity contribution in [3.63, 3.8) is 0 Å². The smallest absolute Gasteiger partial charge is 0.246 e. The van der Waals surface area contributed by atoms with Gasteiger partial charge in [0.1, 0.15) is 10.6 Å². The molecule has 2 rings (SSSR count). The number of nitrogens with two attached hydrogens (primary N) is 1. The predicted octanol–water partition coefficient (Wildman–Crippen LogP) is 1.58. The van der Waals surface area contributed by atoms with Gasteiger partial charge in [0.05, 0.1) is 6.61 Å². The Hall–Kier alpha value is -0.920. The van der Waals surface area contributed by atoms with E-state index in [1.54, 1.807) is 24.9 Å². The Balaban J connectivity index is 2.43. The zero-order chi connectivity index (χ0) is 14.8. The first-order chi connectivity index (χ1) is 9.46. The number of benzene rings is 1. The molecule has 1 heterocycles. The van der Waals surface area contributed by atoms with E-state index >= 15 is 0 Å². The maximum absolute atomic E-state index is 12.6. The Labute approximate surface area is 124 Å². The van der Waals surface area contributed by atoms with Crippen molar-refractivity contribution >= 4 is 27.5 Å². The zero-order valence-electron chi connectivity index (χ0n) is 11.8. The van der Waals surface area contributed by atoms with Gasteiger partial charge in [0.2, 0.25) is 10.0 Å². The monoisotopic (exact) mass is 316 g/mol. The number of hydrogen-bond donors (Lipinski definition) is 1. The van der Waals surface area contributed by atoms with Crippen molar-refractivity contribution < 1.29 is 13.2 Å². The molecule has 2 N–H and O–H groups in total. The first kappa shape index (κ1) is 15.5. The van der Waals surface area contributed by atoms with Gasteiger partial charge in [0.25, 0.3) is 0 Å². The summed E-state index contributed by atoms with van der Waals surface area (Å²) in [6.07, 6.45) is 3.64. The molecule has 0 spiro atoms. The second-order valence-corrected chi connectivity index (χ2v) is 7.78. The summed E-state index contributed by atoms with van der Waals surface area (Å²) in [6, 6.07) is 3.30. The van der Waals surface area contributed by atoms with Crippen molar-refractivity contribution in [2.45, 2.75) is 17.7 Å². The minimum atomic E-state index is -3.56. The number of hydrogen-bond acceptors (Lipinski definition) is 5. The Morgan fingerprint density at radius 1 is 1.45 bits per heavy atom. The van der Waals surface area contributed by atoms with Crippen LogP contribution in [-0.4, -0.2) is 44.9 Å². The molecule has 0 saturated carbocycles. The van der Waals surface area contributed by atoms with Gasteiger partial charge in [-0.2, -0.15) is 16.1 Å². The standard InChI is InChI=1S/C13H20N2O3S2/c1-15(5-7-19-2)20(16,17)12-9-11(14)8-10-4-3-6-18-13(10)12/h8-9H,3-7,14H2,1-2H3. The van der Waals surface area contributed by atoms with E-state index in [9.17, 15) is 8.42 Å². The SMILES string of the molecule is CSCCN(C)S(=O)(=O)c1cc(N)cc2c1OCCC2. The number of rotatable bonds is 5. The quantitative estimate of drug-likeness (QED) is 0.835. The van der Waals surface area contributed by atoms with Crippen LogP contribution in [-0.2, 0) is 16.4 Å². The molecule has 0 bridgehead atoms. The van der Waals surface area contributed by atoms with E-state index in [0.717, 1.165) is 24.2 Å². The van der Waals surface area contributed by atoms with Crippen LogP contribution in [0.15, 0.2) is 17.0 Å². The van der Waals surface area contributed by atoms with Gasteiger partial charge in [0.15, 0.2) is 0 Å². The fourth-order valence-corrected chi connectivity index (χ4v) is 4.12. The molecule has 1 aromatic carbocycles. The molecular weight excluding hydrogens is 296 g/mol. The van der Waals surface area contributed by atoms with Gasteiger partial charge in [-0.15, -0.1) is 0 Å². The molecule has 0 fully saturated rings. The van der Waals surface area contributed by atoms with E-state index in [4.69, 9.17) is 10.5 Å². The Kier molecular flexibility index (Phi) is 4.82. The lowest BCUT2D eigenvalue weighted by atomic mass is 10.1. The minimum absolute atomic E-state index is 0.191. The number of anilines is 1. The molecule has 0 radical (unpaired) electrons. The second-order valence-electron chi connectivity index (χ2n) is 4.78. The zero-order valence-corrected chi connectivity index (χ0v) is 13.4. The van der Waals surface area contributed by atoms with Crippen LogP contribution in [0.3, 0.4) is 0 Å². The summed E-state index contributed by atoms with van der Waals surface area (Å²) < 4.78 is 32.2. The Bertz CT molecular complexity index is 588. The van der Waals surface area contributed by atoms with Crippen LogP contribution in [0.4, 0.5) is 5.69 Å². The molecular formula is C13H20N2O3S2. The molecule has 0 aliphatic carbocycles. The van der Waals surface area contributed by atoms with Gasteiger partial charge < -0.3 is 10.5 Å². The van der Waals surface area contributed by atoms with E-state index < -0.39 is 10.0 Å². The number of sulfonamides is 1. The van der Waals surface area contributed by atoms with Crippen molar-refractivity contribution in [2.24, 2.45) is 0 Å². The van der Waals surface area contributed by atoms with Gasteiger partial charge in [-0.1, -0.05) is 0 Å². The summed E-state index contributed by atoms with van der Waals surface area (Å²) in [5, 5.41) is 0. The third-order valence-electron chi connectivity index (χ3n) is 3.29. The number of nitrogen functional groups attached to an aromatic ring is 1. The normalized spacial score (nSPS) is 14.9. The van der Waals surface area contributed by atoms with Gasteiger partial charge in [-0.25, -0.2) is 8.42 Å². The van der Waals surface area contributed by atoms with E-state index in [1.165, 1.54) is 10.4 Å². The van der Waals surface area contributed by atoms with E-state index in [-0.39, 0.29) is 4.90 Å². The van der Waals surface area contributed by atoms with Crippen LogP contribution < -0.4 is 10.5 Å². The number of aryl methyl sites for hydroxylation is 1. The Morgan fingerprint density at radius 2 is 2.20 bits per heavy atom. The highest BCUT2D eigenvalue weighted by Crippen LogP contribution is 2.35. The predicted molar refractivity (Wildman–Crippen MR) is 82.9 cm³/mol. The second kappa shape index (κ2) is 6.24. The largest absolute Gasteiger partial charge is 0.492 e. The summed E-state index contributed by atoms with van der Waals surface area (Å²) >= 11 is 1.61. The van der Waals surface area contributed by atoms with Crippen LogP contribution in [0, 0.1) is 0 Å². The molecule has 1 aliphatic heterocycles. The summed E-state index contributed by atoms with van der Waals surface area (Å²) in [7, 11) is -1.97. The van der Waals surface area contributed by atoms with Crippen molar-refractivity contribution in [2.75, 3.05) is 37.9 Å². The number of nitrogens with zero attached hydrogens (tertiary/aromatic N) is 1. The van der Waals surface area contributed by atoms with Crippen molar-refractivity contribution in [1.82, 2.24) is 4.31 Å². The fourth-order valence-electron chi connectivity index (χ4n) is 2.17. The van der Waals surface area contributed by atoms with Gasteiger partial charge >= 0.3 is 0 Å². The first-order valence-electron chi connectivity index (χ1n) is 6.47. The number of fused-ring (bicyclic) bond motifs is 1. The van der Waals surface area contributed by atoms with Gasteiger partial charge in [0, 0.05) is 25.0 Å². The third kappa shape index (κ3) is 3.05. The lowest BCUT2D eigenvalue weighted by Gasteiger charge is -2.24. The van der Waals surface area contributed by atoms with Crippen LogP contribution in [0.5, 0.6) is 5.75 Å². The highest BCUT2D eigenvalue weighted by Gasteiger charge is 2.28. The van der Waals surface area contributed by atoms with Crippen molar-refractivity contribution in [1.29, 1.82) is 0 Å². The molecule has 20 heavy (non-hydrogen) atoms. The maximum Gasteiger partial charge on any atom is 0.246 e. The minimum Gasteiger partial charge on any atom is -0.492 e. The molecule has 1 aliphatic rings. The highest BCUT2D eigenvalue weighted by molar-refractivity contribution is 7.98. The molecule has 0 atom stereocenters. The van der Waals surface area contributed by atoms with Crippen molar-refractivity contribution in [3.8, 4) is 5.75 Å². The fraction of sp³-hybridized carbons (Fsp3) is 0.538. The van der Waals surface area contributed by atoms with E-state index in [2.05, 4.69) is 0 Å². The molecule has 0 aromatic heterocycles. The lowest BCUT2D eigenvalue weighted by Crippen LogP contribution is -2.30. The molecule has 0 amide bonds. The maximum atomic E-state index is 12.6. The van der Waals surface area contributed by atoms with Crippen LogP contribution in [0.25, 0.3) is 0 Å². The van der Waals surface area contributed by atoms with Crippen LogP contribution >= 0.6 is 11.8 Å². The topological polar surface area (TPSA) is 72.6 Å². The Morgan fingerprint density at radius 3 is 2.90 bits per heavy atom. The summed E-state index contributed by atoms with van der Waals surface area (Å²) in [5.41, 5.74) is 7.18. The number of thioether (sulfide) groups is 1. The molecule has 0 unspecified atom stereocenters. The molecule has 1 aromatic rings. The van der Waals surface area contributed by atoms with Crippen LogP contribution in [0.1, 0.15) is 12.0 Å². The summed E-state index contributed by atoms with van der Waals surface area (Å²) in [6.45, 7) is 1.01. The molecule has 0 saturated heterocycles. The van der Waals surface area contributed by atoms with E-state index in [0.29, 0.717) is 24.6 Å². The first-order valence-corrected chi connectivity index (χ1v) is 9.30. The number of ether oxygens (including phenoxy) is 1. The average molecular weight is 316 g/mol. The average Bonchev–Trinajstić information content (AvgIpc) is 2.43. The third-order valence-corrected chi connectivity index (χ3v) is 5.74. The van der Waals surface area contributed by atoms with Crippen molar-refractivity contribution in [3.05, 3.63) is 17.7 Å². The van der Waals surface area contributed by atoms with Gasteiger partial charge in [-0.05, 0) is 36.8 Å². The summed E-state index contributed by atoms with van der Waals surface area (Å²) in [4.78, 5) is 0.191. The lowest BCUT2D eigenvalue weighted by molar-refractivity contribution is 0.279.